The summed E-state index contributed by atoms with van der Waals surface area (Å²) < 4.78 is 6.50. The fourth-order valence-corrected chi connectivity index (χ4v) is 1.97. The minimum atomic E-state index is -0.375. The van der Waals surface area contributed by atoms with E-state index in [4.69, 9.17) is 11.6 Å². The van der Waals surface area contributed by atoms with E-state index in [2.05, 4.69) is 9.84 Å². The number of carbonyl (C=O) groups excluding carboxylic acids is 1. The maximum Gasteiger partial charge on any atom is 0.337 e. The average Bonchev–Trinajstić information content (AvgIpc) is 2.65. The van der Waals surface area contributed by atoms with Crippen LogP contribution in [0.25, 0.3) is 10.9 Å². The molecule has 2 rings (SSSR count). The van der Waals surface area contributed by atoms with E-state index in [9.17, 15) is 4.79 Å². The van der Waals surface area contributed by atoms with E-state index in [-0.39, 0.29) is 12.0 Å². The number of ether oxygens (including phenoxy) is 1. The van der Waals surface area contributed by atoms with Gasteiger partial charge in [-0.1, -0.05) is 11.6 Å². The molecular formula is C12H13ClN2O2. The second-order valence-corrected chi connectivity index (χ2v) is 4.41. The Morgan fingerprint density at radius 3 is 2.76 bits per heavy atom. The maximum absolute atomic E-state index is 11.4. The number of aromatic nitrogens is 2. The van der Waals surface area contributed by atoms with Crippen LogP contribution in [0.2, 0.25) is 5.15 Å². The van der Waals surface area contributed by atoms with Gasteiger partial charge in [0.15, 0.2) is 5.15 Å². The molecule has 17 heavy (non-hydrogen) atoms. The minimum Gasteiger partial charge on any atom is -0.465 e. The van der Waals surface area contributed by atoms with Gasteiger partial charge < -0.3 is 4.74 Å². The minimum absolute atomic E-state index is 0.217. The molecule has 0 N–H and O–H groups in total. The van der Waals surface area contributed by atoms with Gasteiger partial charge in [0.2, 0.25) is 0 Å². The Labute approximate surface area is 104 Å². The van der Waals surface area contributed by atoms with Crippen molar-refractivity contribution in [1.82, 2.24) is 9.78 Å². The van der Waals surface area contributed by atoms with Crippen molar-refractivity contribution in [2.24, 2.45) is 0 Å². The quantitative estimate of drug-likeness (QED) is 0.772. The fraction of sp³-hybridized carbons (Fsp3) is 0.333. The van der Waals surface area contributed by atoms with Crippen LogP contribution in [-0.2, 0) is 4.74 Å². The first-order valence-electron chi connectivity index (χ1n) is 5.30. The van der Waals surface area contributed by atoms with Crippen molar-refractivity contribution in [2.75, 3.05) is 7.11 Å². The largest absolute Gasteiger partial charge is 0.465 e. The summed E-state index contributed by atoms with van der Waals surface area (Å²) in [7, 11) is 1.35. The second-order valence-electron chi connectivity index (χ2n) is 4.05. The molecule has 0 bridgehead atoms. The number of benzene rings is 1. The molecule has 5 heteroatoms. The molecule has 4 nitrogen and oxygen atoms in total. The molecule has 1 aromatic carbocycles. The van der Waals surface area contributed by atoms with Gasteiger partial charge in [-0.2, -0.15) is 5.10 Å². The summed E-state index contributed by atoms with van der Waals surface area (Å²) in [6.07, 6.45) is 0. The Hall–Kier alpha value is -1.55. The summed E-state index contributed by atoms with van der Waals surface area (Å²) in [5, 5.41) is 5.41. The highest BCUT2D eigenvalue weighted by Gasteiger charge is 2.14. The standard InChI is InChI=1S/C12H13ClN2O2/c1-7(2)15-10-5-4-8(12(16)17-3)6-9(10)11(13)14-15/h4-7H,1-3H3. The van der Waals surface area contributed by atoms with Gasteiger partial charge in [0.25, 0.3) is 0 Å². The number of halogens is 1. The van der Waals surface area contributed by atoms with Gasteiger partial charge in [-0.25, -0.2) is 4.79 Å². The van der Waals surface area contributed by atoms with Crippen LogP contribution in [0.5, 0.6) is 0 Å². The molecule has 0 aliphatic heterocycles. The van der Waals surface area contributed by atoms with E-state index < -0.39 is 0 Å². The molecule has 0 saturated heterocycles. The van der Waals surface area contributed by atoms with Crippen molar-refractivity contribution in [1.29, 1.82) is 0 Å². The summed E-state index contributed by atoms with van der Waals surface area (Å²) >= 11 is 6.06. The maximum atomic E-state index is 11.4. The number of hydrogen-bond donors (Lipinski definition) is 0. The molecule has 0 unspecified atom stereocenters. The van der Waals surface area contributed by atoms with E-state index in [1.165, 1.54) is 7.11 Å². The van der Waals surface area contributed by atoms with Crippen LogP contribution >= 0.6 is 11.6 Å². The smallest absolute Gasteiger partial charge is 0.337 e. The van der Waals surface area contributed by atoms with Crippen LogP contribution < -0.4 is 0 Å². The van der Waals surface area contributed by atoms with Crippen molar-refractivity contribution in [3.05, 3.63) is 28.9 Å². The Bertz CT molecular complexity index is 575. The topological polar surface area (TPSA) is 44.1 Å². The summed E-state index contributed by atoms with van der Waals surface area (Å²) in [6, 6.07) is 5.47. The lowest BCUT2D eigenvalue weighted by molar-refractivity contribution is 0.0601. The molecule has 90 valence electrons. The molecular weight excluding hydrogens is 240 g/mol. The lowest BCUT2D eigenvalue weighted by atomic mass is 10.1. The Kier molecular flexibility index (Phi) is 3.07. The van der Waals surface area contributed by atoms with Gasteiger partial charge >= 0.3 is 5.97 Å². The van der Waals surface area contributed by atoms with Crippen molar-refractivity contribution < 1.29 is 9.53 Å². The van der Waals surface area contributed by atoms with Gasteiger partial charge in [0.1, 0.15) is 0 Å². The Morgan fingerprint density at radius 2 is 2.18 bits per heavy atom. The molecule has 1 aromatic heterocycles. The van der Waals surface area contributed by atoms with Gasteiger partial charge in [-0.15, -0.1) is 0 Å². The van der Waals surface area contributed by atoms with E-state index in [0.29, 0.717) is 10.7 Å². The van der Waals surface area contributed by atoms with Crippen molar-refractivity contribution in [3.63, 3.8) is 0 Å². The predicted molar refractivity (Wildman–Crippen MR) is 66.5 cm³/mol. The summed E-state index contributed by atoms with van der Waals surface area (Å²) in [4.78, 5) is 11.4. The van der Waals surface area contributed by atoms with Crippen molar-refractivity contribution in [2.45, 2.75) is 19.9 Å². The number of fused-ring (bicyclic) bond motifs is 1. The average molecular weight is 253 g/mol. The molecule has 0 aliphatic carbocycles. The first kappa shape index (κ1) is 11.9. The van der Waals surface area contributed by atoms with Crippen molar-refractivity contribution in [3.8, 4) is 0 Å². The lowest BCUT2D eigenvalue weighted by Crippen LogP contribution is -2.03. The van der Waals surface area contributed by atoms with E-state index >= 15 is 0 Å². The van der Waals surface area contributed by atoms with Crippen LogP contribution in [0.15, 0.2) is 18.2 Å². The molecule has 0 aliphatic rings. The molecule has 0 atom stereocenters. The zero-order valence-electron chi connectivity index (χ0n) is 9.90. The van der Waals surface area contributed by atoms with Gasteiger partial charge in [0.05, 0.1) is 18.2 Å². The number of methoxy groups -OCH3 is 1. The fourth-order valence-electron chi connectivity index (χ4n) is 1.74. The highest BCUT2D eigenvalue weighted by Crippen LogP contribution is 2.26. The van der Waals surface area contributed by atoms with Crippen LogP contribution in [-0.4, -0.2) is 22.9 Å². The van der Waals surface area contributed by atoms with Crippen LogP contribution in [0.4, 0.5) is 0 Å². The molecule has 0 amide bonds. The normalized spacial score (nSPS) is 11.1. The first-order chi connectivity index (χ1) is 8.04. The summed E-state index contributed by atoms with van der Waals surface area (Å²) in [6.45, 7) is 4.05. The molecule has 1 heterocycles. The lowest BCUT2D eigenvalue weighted by Gasteiger charge is -2.06. The monoisotopic (exact) mass is 252 g/mol. The van der Waals surface area contributed by atoms with Crippen molar-refractivity contribution >= 4 is 28.5 Å². The predicted octanol–water partition coefficient (Wildman–Crippen LogP) is 3.06. The second kappa shape index (κ2) is 4.37. The Morgan fingerprint density at radius 1 is 1.47 bits per heavy atom. The number of esters is 1. The first-order valence-corrected chi connectivity index (χ1v) is 5.68. The zero-order chi connectivity index (χ0) is 12.6. The number of carbonyl (C=O) groups is 1. The molecule has 2 aromatic rings. The van der Waals surface area contributed by atoms with Gasteiger partial charge in [0, 0.05) is 11.4 Å². The Balaban J connectivity index is 2.63. The van der Waals surface area contributed by atoms with E-state index in [1.807, 2.05) is 24.6 Å². The molecule has 0 saturated carbocycles. The number of nitrogens with zero attached hydrogens (tertiary/aromatic N) is 2. The third kappa shape index (κ3) is 2.00. The van der Waals surface area contributed by atoms with Crippen LogP contribution in [0, 0.1) is 0 Å². The molecule has 0 spiro atoms. The highest BCUT2D eigenvalue weighted by molar-refractivity contribution is 6.34. The summed E-state index contributed by atoms with van der Waals surface area (Å²) in [5.41, 5.74) is 1.39. The summed E-state index contributed by atoms with van der Waals surface area (Å²) in [5.74, 6) is -0.375. The van der Waals surface area contributed by atoms with Crippen LogP contribution in [0.3, 0.4) is 0 Å². The third-order valence-corrected chi connectivity index (χ3v) is 2.85. The van der Waals surface area contributed by atoms with Crippen LogP contribution in [0.1, 0.15) is 30.2 Å². The number of rotatable bonds is 2. The highest BCUT2D eigenvalue weighted by atomic mass is 35.5. The SMILES string of the molecule is COC(=O)c1ccc2c(c1)c(Cl)nn2C(C)C. The molecule has 0 fully saturated rings. The van der Waals surface area contributed by atoms with E-state index in [0.717, 1.165) is 10.9 Å². The number of hydrogen-bond acceptors (Lipinski definition) is 3. The zero-order valence-corrected chi connectivity index (χ0v) is 10.7. The third-order valence-electron chi connectivity index (χ3n) is 2.57. The van der Waals surface area contributed by atoms with E-state index in [1.54, 1.807) is 12.1 Å². The van der Waals surface area contributed by atoms with Gasteiger partial charge in [-0.3, -0.25) is 4.68 Å². The van der Waals surface area contributed by atoms with Gasteiger partial charge in [-0.05, 0) is 32.0 Å². The molecule has 0 radical (unpaired) electrons.